The molecule has 0 saturated carbocycles. The van der Waals surface area contributed by atoms with E-state index in [0.717, 1.165) is 22.6 Å². The molecule has 0 radical (unpaired) electrons. The van der Waals surface area contributed by atoms with Crippen LogP contribution in [0.15, 0.2) is 18.2 Å². The van der Waals surface area contributed by atoms with Crippen LogP contribution in [0, 0.1) is 11.3 Å². The van der Waals surface area contributed by atoms with E-state index < -0.39 is 0 Å². The first kappa shape index (κ1) is 14.4. The van der Waals surface area contributed by atoms with Crippen molar-refractivity contribution in [3.8, 4) is 11.8 Å². The Kier molecular flexibility index (Phi) is 4.26. The van der Waals surface area contributed by atoms with E-state index in [1.807, 2.05) is 32.3 Å². The predicted molar refractivity (Wildman–Crippen MR) is 78.6 cm³/mol. The van der Waals surface area contributed by atoms with Gasteiger partial charge in [0, 0.05) is 12.6 Å². The lowest BCUT2D eigenvalue weighted by Crippen LogP contribution is -2.21. The number of aryl methyl sites for hydroxylation is 1. The third-order valence-corrected chi connectivity index (χ3v) is 3.58. The number of nitriles is 1. The molecule has 106 valence electrons. The van der Waals surface area contributed by atoms with Crippen LogP contribution in [0.25, 0.3) is 11.0 Å². The zero-order valence-electron chi connectivity index (χ0n) is 12.4. The number of nitrogens with zero attached hydrogens (tertiary/aromatic N) is 4. The molecule has 1 aromatic heterocycles. The second kappa shape index (κ2) is 5.93. The molecule has 0 aliphatic rings. The number of hydrogen-bond acceptors (Lipinski definition) is 4. The Morgan fingerprint density at radius 1 is 1.45 bits per heavy atom. The minimum absolute atomic E-state index is 0.187. The number of fused-ring (bicyclic) bond motifs is 1. The average molecular weight is 272 g/mol. The van der Waals surface area contributed by atoms with E-state index in [1.54, 1.807) is 7.11 Å². The molecule has 0 aliphatic carbocycles. The minimum Gasteiger partial charge on any atom is -0.497 e. The molecule has 0 fully saturated rings. The number of methoxy groups -OCH3 is 1. The van der Waals surface area contributed by atoms with Crippen LogP contribution < -0.4 is 4.74 Å². The Morgan fingerprint density at radius 2 is 2.20 bits per heavy atom. The number of hydrogen-bond donors (Lipinski definition) is 0. The summed E-state index contributed by atoms with van der Waals surface area (Å²) >= 11 is 0. The molecule has 0 aliphatic heterocycles. The van der Waals surface area contributed by atoms with Crippen LogP contribution in [0.2, 0.25) is 0 Å². The molecule has 1 heterocycles. The van der Waals surface area contributed by atoms with Crippen molar-refractivity contribution in [3.63, 3.8) is 0 Å². The largest absolute Gasteiger partial charge is 0.497 e. The van der Waals surface area contributed by atoms with Crippen LogP contribution in [0.3, 0.4) is 0 Å². The fourth-order valence-corrected chi connectivity index (χ4v) is 2.20. The number of ether oxygens (including phenoxy) is 1. The van der Waals surface area contributed by atoms with Crippen LogP contribution in [-0.2, 0) is 6.54 Å². The van der Waals surface area contributed by atoms with Gasteiger partial charge in [0.1, 0.15) is 11.6 Å². The standard InChI is InChI=1S/C15H20N4O/c1-11(18(2)3)15-17-13-10-12(20-4)6-7-14(13)19(15)9-5-8-16/h6-7,10-11H,5,9H2,1-4H3. The molecular weight excluding hydrogens is 252 g/mol. The lowest BCUT2D eigenvalue weighted by atomic mass is 10.2. The molecular formula is C15H20N4O. The molecule has 0 N–H and O–H groups in total. The van der Waals surface area contributed by atoms with Gasteiger partial charge in [0.15, 0.2) is 0 Å². The second-order valence-corrected chi connectivity index (χ2v) is 5.02. The summed E-state index contributed by atoms with van der Waals surface area (Å²) in [6.45, 7) is 2.77. The van der Waals surface area contributed by atoms with E-state index >= 15 is 0 Å². The molecule has 0 bridgehead atoms. The zero-order chi connectivity index (χ0) is 14.7. The van der Waals surface area contributed by atoms with Crippen molar-refractivity contribution in [2.24, 2.45) is 0 Å². The maximum Gasteiger partial charge on any atom is 0.127 e. The molecule has 1 atom stereocenters. The summed E-state index contributed by atoms with van der Waals surface area (Å²) in [5.41, 5.74) is 1.95. The van der Waals surface area contributed by atoms with Gasteiger partial charge >= 0.3 is 0 Å². The van der Waals surface area contributed by atoms with Crippen molar-refractivity contribution in [1.29, 1.82) is 5.26 Å². The topological polar surface area (TPSA) is 54.1 Å². The van der Waals surface area contributed by atoms with Gasteiger partial charge in [0.05, 0.1) is 36.7 Å². The summed E-state index contributed by atoms with van der Waals surface area (Å²) in [7, 11) is 5.70. The van der Waals surface area contributed by atoms with Crippen molar-refractivity contribution in [3.05, 3.63) is 24.0 Å². The van der Waals surface area contributed by atoms with Gasteiger partial charge < -0.3 is 9.30 Å². The molecule has 20 heavy (non-hydrogen) atoms. The first-order valence-corrected chi connectivity index (χ1v) is 6.66. The van der Waals surface area contributed by atoms with E-state index in [1.165, 1.54) is 0 Å². The van der Waals surface area contributed by atoms with Crippen LogP contribution in [0.1, 0.15) is 25.2 Å². The highest BCUT2D eigenvalue weighted by Crippen LogP contribution is 2.26. The predicted octanol–water partition coefficient (Wildman–Crippen LogP) is 2.58. The summed E-state index contributed by atoms with van der Waals surface area (Å²) in [6.07, 6.45) is 0.477. The van der Waals surface area contributed by atoms with Gasteiger partial charge in [-0.15, -0.1) is 0 Å². The summed E-state index contributed by atoms with van der Waals surface area (Å²) in [4.78, 5) is 6.84. The fraction of sp³-hybridized carbons (Fsp3) is 0.467. The van der Waals surface area contributed by atoms with Gasteiger partial charge in [-0.2, -0.15) is 5.26 Å². The maximum atomic E-state index is 8.84. The Balaban J connectivity index is 2.56. The molecule has 1 unspecified atom stereocenters. The van der Waals surface area contributed by atoms with Crippen LogP contribution in [0.4, 0.5) is 0 Å². The number of aromatic nitrogens is 2. The summed E-state index contributed by atoms with van der Waals surface area (Å²) in [5.74, 6) is 1.78. The molecule has 2 rings (SSSR count). The monoisotopic (exact) mass is 272 g/mol. The number of rotatable bonds is 5. The normalized spacial score (nSPS) is 12.6. The first-order valence-electron chi connectivity index (χ1n) is 6.66. The highest BCUT2D eigenvalue weighted by atomic mass is 16.5. The third-order valence-electron chi connectivity index (χ3n) is 3.58. The molecule has 5 nitrogen and oxygen atoms in total. The van der Waals surface area contributed by atoms with Crippen molar-refractivity contribution in [2.75, 3.05) is 21.2 Å². The highest BCUT2D eigenvalue weighted by molar-refractivity contribution is 5.78. The Bertz CT molecular complexity index is 639. The summed E-state index contributed by atoms with van der Waals surface area (Å²) in [5, 5.41) is 8.84. The van der Waals surface area contributed by atoms with Crippen molar-refractivity contribution >= 4 is 11.0 Å². The first-order chi connectivity index (χ1) is 9.58. The van der Waals surface area contributed by atoms with Crippen molar-refractivity contribution in [1.82, 2.24) is 14.5 Å². The van der Waals surface area contributed by atoms with E-state index in [9.17, 15) is 0 Å². The van der Waals surface area contributed by atoms with Crippen molar-refractivity contribution in [2.45, 2.75) is 25.9 Å². The van der Waals surface area contributed by atoms with Gasteiger partial charge in [-0.25, -0.2) is 4.98 Å². The Hall–Kier alpha value is -2.06. The zero-order valence-corrected chi connectivity index (χ0v) is 12.4. The van der Waals surface area contributed by atoms with Crippen LogP contribution in [0.5, 0.6) is 5.75 Å². The van der Waals surface area contributed by atoms with Gasteiger partial charge in [-0.05, 0) is 33.2 Å². The molecule has 0 saturated heterocycles. The van der Waals surface area contributed by atoms with Gasteiger partial charge in [0.25, 0.3) is 0 Å². The lowest BCUT2D eigenvalue weighted by molar-refractivity contribution is 0.302. The summed E-state index contributed by atoms with van der Waals surface area (Å²) in [6, 6.07) is 8.26. The van der Waals surface area contributed by atoms with Gasteiger partial charge in [-0.1, -0.05) is 0 Å². The third kappa shape index (κ3) is 2.61. The van der Waals surface area contributed by atoms with Gasteiger partial charge in [-0.3, -0.25) is 4.90 Å². The molecule has 2 aromatic rings. The second-order valence-electron chi connectivity index (χ2n) is 5.02. The van der Waals surface area contributed by atoms with Crippen molar-refractivity contribution < 1.29 is 4.74 Å². The molecule has 0 amide bonds. The molecule has 1 aromatic carbocycles. The smallest absolute Gasteiger partial charge is 0.127 e. The van der Waals surface area contributed by atoms with Gasteiger partial charge in [0.2, 0.25) is 0 Å². The van der Waals surface area contributed by atoms with E-state index in [2.05, 4.69) is 22.5 Å². The number of imidazole rings is 1. The Morgan fingerprint density at radius 3 is 2.80 bits per heavy atom. The SMILES string of the molecule is COc1ccc2c(c1)nc(C(C)N(C)C)n2CCC#N. The maximum absolute atomic E-state index is 8.84. The molecule has 5 heteroatoms. The average Bonchev–Trinajstić information content (AvgIpc) is 2.81. The number of benzene rings is 1. The van der Waals surface area contributed by atoms with E-state index in [0.29, 0.717) is 13.0 Å². The van der Waals surface area contributed by atoms with Crippen LogP contribution in [-0.4, -0.2) is 35.7 Å². The molecule has 0 spiro atoms. The van der Waals surface area contributed by atoms with E-state index in [4.69, 9.17) is 15.0 Å². The highest BCUT2D eigenvalue weighted by Gasteiger charge is 2.18. The summed E-state index contributed by atoms with van der Waals surface area (Å²) < 4.78 is 7.38. The quantitative estimate of drug-likeness (QED) is 0.839. The fourth-order valence-electron chi connectivity index (χ4n) is 2.20. The minimum atomic E-state index is 0.187. The van der Waals surface area contributed by atoms with Crippen LogP contribution >= 0.6 is 0 Å². The lowest BCUT2D eigenvalue weighted by Gasteiger charge is -2.20. The Labute approximate surface area is 119 Å². The van der Waals surface area contributed by atoms with E-state index in [-0.39, 0.29) is 6.04 Å².